The van der Waals surface area contributed by atoms with Gasteiger partial charge in [-0.25, -0.2) is 4.98 Å². The normalized spacial score (nSPS) is 17.4. The van der Waals surface area contributed by atoms with Crippen molar-refractivity contribution in [2.75, 3.05) is 25.5 Å². The van der Waals surface area contributed by atoms with E-state index in [1.54, 1.807) is 18.2 Å². The molecule has 0 aromatic carbocycles. The number of ether oxygens (including phenoxy) is 1. The summed E-state index contributed by atoms with van der Waals surface area (Å²) >= 11 is 0. The van der Waals surface area contributed by atoms with Crippen molar-refractivity contribution >= 4 is 28.4 Å². The number of pyridine rings is 1. The van der Waals surface area contributed by atoms with Crippen LogP contribution >= 0.6 is 0 Å². The number of furan rings is 1. The van der Waals surface area contributed by atoms with Crippen LogP contribution < -0.4 is 10.1 Å². The molecule has 8 nitrogen and oxygen atoms in total. The fourth-order valence-electron chi connectivity index (χ4n) is 3.75. The topological polar surface area (TPSA) is 93.4 Å². The van der Waals surface area contributed by atoms with Crippen LogP contribution in [0, 0.1) is 6.92 Å². The number of hydrogen-bond donors (Lipinski definition) is 1. The Kier molecular flexibility index (Phi) is 4.64. The first kappa shape index (κ1) is 19.5. The monoisotopic (exact) mass is 419 g/mol. The molecule has 1 aliphatic heterocycles. The van der Waals surface area contributed by atoms with Crippen LogP contribution in [-0.2, 0) is 0 Å². The number of anilines is 1. The summed E-state index contributed by atoms with van der Waals surface area (Å²) in [7, 11) is 1.62. The first-order valence-electron chi connectivity index (χ1n) is 10.5. The van der Waals surface area contributed by atoms with Crippen molar-refractivity contribution in [2.24, 2.45) is 0 Å². The maximum atomic E-state index is 13.2. The van der Waals surface area contributed by atoms with Gasteiger partial charge < -0.3 is 19.4 Å². The lowest BCUT2D eigenvalue weighted by molar-refractivity contribution is 0.0760. The lowest BCUT2D eigenvalue weighted by Crippen LogP contribution is -2.36. The van der Waals surface area contributed by atoms with Gasteiger partial charge in [-0.2, -0.15) is 4.98 Å². The highest BCUT2D eigenvalue weighted by atomic mass is 16.5. The van der Waals surface area contributed by atoms with Crippen molar-refractivity contribution in [1.82, 2.24) is 19.9 Å². The fourth-order valence-corrected chi connectivity index (χ4v) is 3.75. The number of fused-ring (bicyclic) bond motifs is 1. The number of aryl methyl sites for hydroxylation is 1. The minimum absolute atomic E-state index is 0.0287. The molecule has 0 saturated heterocycles. The van der Waals surface area contributed by atoms with Crippen molar-refractivity contribution in [1.29, 1.82) is 0 Å². The number of carbonyl (C=O) groups excluding carboxylic acids is 1. The molecule has 8 heteroatoms. The molecule has 5 rings (SSSR count). The van der Waals surface area contributed by atoms with Crippen LogP contribution in [0.4, 0.5) is 5.82 Å². The van der Waals surface area contributed by atoms with Crippen molar-refractivity contribution < 1.29 is 13.9 Å². The zero-order chi connectivity index (χ0) is 21.6. The van der Waals surface area contributed by atoms with Gasteiger partial charge in [0, 0.05) is 18.6 Å². The van der Waals surface area contributed by atoms with E-state index in [1.165, 1.54) is 0 Å². The maximum absolute atomic E-state index is 13.2. The highest BCUT2D eigenvalue weighted by Crippen LogP contribution is 2.39. The number of nitrogens with one attached hydrogen (secondary N) is 1. The fraction of sp³-hybridized carbons (Fsp3) is 0.391. The van der Waals surface area contributed by atoms with Gasteiger partial charge in [-0.1, -0.05) is 6.08 Å². The highest BCUT2D eigenvalue weighted by molar-refractivity contribution is 5.95. The molecule has 3 aromatic heterocycles. The van der Waals surface area contributed by atoms with Gasteiger partial charge >= 0.3 is 0 Å². The largest absolute Gasteiger partial charge is 0.495 e. The quantitative estimate of drug-likeness (QED) is 0.672. The summed E-state index contributed by atoms with van der Waals surface area (Å²) in [5, 5.41) is 4.29. The Hall–Kier alpha value is -3.42. The lowest BCUT2D eigenvalue weighted by Gasteiger charge is -2.26. The van der Waals surface area contributed by atoms with E-state index in [-0.39, 0.29) is 17.3 Å². The van der Waals surface area contributed by atoms with E-state index in [2.05, 4.69) is 27.2 Å². The van der Waals surface area contributed by atoms with Crippen LogP contribution in [-0.4, -0.2) is 51.5 Å². The molecule has 1 saturated carbocycles. The third-order valence-electron chi connectivity index (χ3n) is 5.92. The number of carbonyl (C=O) groups is 1. The summed E-state index contributed by atoms with van der Waals surface area (Å²) in [6.07, 6.45) is 6.62. The van der Waals surface area contributed by atoms with Gasteiger partial charge in [0.25, 0.3) is 5.91 Å². The summed E-state index contributed by atoms with van der Waals surface area (Å²) < 4.78 is 10.9. The molecule has 0 bridgehead atoms. The molecule has 0 radical (unpaired) electrons. The third-order valence-corrected chi connectivity index (χ3v) is 5.92. The number of methoxy groups -OCH3 is 1. The van der Waals surface area contributed by atoms with Crippen LogP contribution in [0.3, 0.4) is 0 Å². The molecule has 1 aliphatic carbocycles. The first-order chi connectivity index (χ1) is 14.9. The second-order valence-electron chi connectivity index (χ2n) is 8.47. The third kappa shape index (κ3) is 3.85. The maximum Gasteiger partial charge on any atom is 0.292 e. The molecule has 2 aliphatic rings. The minimum atomic E-state index is -0.196. The SMILES string of the molecule is COc1ccc(C2=CCN(C(=O)c3nc(NC4(C)CC4)c4cc(C)oc4n3)CC2)nc1. The standard InChI is InChI=1S/C23H25N5O3/c1-14-12-17-19(27-23(2)8-9-23)25-20(26-21(17)31-14)22(29)28-10-6-15(7-11-28)18-5-4-16(30-3)13-24-18/h4-6,12-13H,7-11H2,1-3H3,(H,25,26,27). The van der Waals surface area contributed by atoms with Crippen molar-refractivity contribution in [2.45, 2.75) is 38.6 Å². The molecule has 31 heavy (non-hydrogen) atoms. The van der Waals surface area contributed by atoms with E-state index in [4.69, 9.17) is 9.15 Å². The van der Waals surface area contributed by atoms with Crippen molar-refractivity contribution in [3.05, 3.63) is 47.8 Å². The van der Waals surface area contributed by atoms with E-state index < -0.39 is 0 Å². The Labute approximate surface area is 180 Å². The Bertz CT molecular complexity index is 1180. The predicted octanol–water partition coefficient (Wildman–Crippen LogP) is 3.83. The Balaban J connectivity index is 1.38. The summed E-state index contributed by atoms with van der Waals surface area (Å²) in [6.45, 7) is 5.09. The number of nitrogens with zero attached hydrogens (tertiary/aromatic N) is 4. The second-order valence-corrected chi connectivity index (χ2v) is 8.47. The molecule has 1 amide bonds. The van der Waals surface area contributed by atoms with Crippen LogP contribution in [0.1, 0.15) is 48.3 Å². The molecule has 3 aromatic rings. The number of hydrogen-bond acceptors (Lipinski definition) is 7. The minimum Gasteiger partial charge on any atom is -0.495 e. The number of rotatable bonds is 5. The molecule has 4 heterocycles. The van der Waals surface area contributed by atoms with E-state index in [0.29, 0.717) is 24.6 Å². The molecule has 0 spiro atoms. The molecule has 1 fully saturated rings. The van der Waals surface area contributed by atoms with Gasteiger partial charge in [-0.3, -0.25) is 9.78 Å². The van der Waals surface area contributed by atoms with Gasteiger partial charge in [0.1, 0.15) is 17.3 Å². The van der Waals surface area contributed by atoms with Crippen molar-refractivity contribution in [3.8, 4) is 5.75 Å². The van der Waals surface area contributed by atoms with Gasteiger partial charge in [0.2, 0.25) is 11.5 Å². The van der Waals surface area contributed by atoms with Crippen LogP contribution in [0.5, 0.6) is 5.75 Å². The number of aromatic nitrogens is 3. The average molecular weight is 419 g/mol. The Morgan fingerprint density at radius 3 is 2.77 bits per heavy atom. The van der Waals surface area contributed by atoms with Gasteiger partial charge in [-0.15, -0.1) is 0 Å². The molecule has 160 valence electrons. The Morgan fingerprint density at radius 2 is 2.13 bits per heavy atom. The molecule has 0 unspecified atom stereocenters. The van der Waals surface area contributed by atoms with Gasteiger partial charge in [0.05, 0.1) is 24.4 Å². The molecule has 0 atom stereocenters. The van der Waals surface area contributed by atoms with E-state index in [0.717, 1.165) is 47.4 Å². The highest BCUT2D eigenvalue weighted by Gasteiger charge is 2.38. The zero-order valence-corrected chi connectivity index (χ0v) is 17.9. The first-order valence-corrected chi connectivity index (χ1v) is 10.5. The van der Waals surface area contributed by atoms with Gasteiger partial charge in [-0.05, 0) is 56.9 Å². The smallest absolute Gasteiger partial charge is 0.292 e. The molecule has 1 N–H and O–H groups in total. The van der Waals surface area contributed by atoms with E-state index in [9.17, 15) is 4.79 Å². The summed E-state index contributed by atoms with van der Waals surface area (Å²) in [6, 6.07) is 5.74. The Morgan fingerprint density at radius 1 is 1.29 bits per heavy atom. The number of amides is 1. The van der Waals surface area contributed by atoms with Crippen LogP contribution in [0.2, 0.25) is 0 Å². The lowest BCUT2D eigenvalue weighted by atomic mass is 10.0. The zero-order valence-electron chi connectivity index (χ0n) is 17.9. The van der Waals surface area contributed by atoms with E-state index in [1.807, 2.05) is 31.2 Å². The van der Waals surface area contributed by atoms with Crippen LogP contribution in [0.25, 0.3) is 16.7 Å². The van der Waals surface area contributed by atoms with Gasteiger partial charge in [0.15, 0.2) is 0 Å². The molecular weight excluding hydrogens is 394 g/mol. The van der Waals surface area contributed by atoms with E-state index >= 15 is 0 Å². The molecular formula is C23H25N5O3. The second kappa shape index (κ2) is 7.37. The summed E-state index contributed by atoms with van der Waals surface area (Å²) in [5.74, 6) is 2.10. The van der Waals surface area contributed by atoms with Crippen molar-refractivity contribution in [3.63, 3.8) is 0 Å². The van der Waals surface area contributed by atoms with Crippen LogP contribution in [0.15, 0.2) is 34.9 Å². The predicted molar refractivity (Wildman–Crippen MR) is 117 cm³/mol. The summed E-state index contributed by atoms with van der Waals surface area (Å²) in [4.78, 5) is 28.4. The summed E-state index contributed by atoms with van der Waals surface area (Å²) in [5.41, 5.74) is 2.49. The average Bonchev–Trinajstić information content (AvgIpc) is 3.38.